The van der Waals surface area contributed by atoms with Crippen molar-refractivity contribution in [3.8, 4) is 23.5 Å². The zero-order chi connectivity index (χ0) is 45.0. The van der Waals surface area contributed by atoms with E-state index in [4.69, 9.17) is 6.42 Å². The molecule has 0 amide bonds. The van der Waals surface area contributed by atoms with Crippen molar-refractivity contribution in [3.63, 3.8) is 0 Å². The van der Waals surface area contributed by atoms with Crippen LogP contribution in [0.3, 0.4) is 0 Å². The Labute approximate surface area is 388 Å². The molecule has 0 aliphatic heterocycles. The van der Waals surface area contributed by atoms with E-state index in [-0.39, 0.29) is 6.04 Å². The Morgan fingerprint density at radius 2 is 1.15 bits per heavy atom. The summed E-state index contributed by atoms with van der Waals surface area (Å²) in [7, 11) is 0. The predicted molar refractivity (Wildman–Crippen MR) is 284 cm³/mol. The van der Waals surface area contributed by atoms with Crippen LogP contribution in [0.25, 0.3) is 55.6 Å². The Hall–Kier alpha value is -8.52. The number of rotatable bonds is 12. The molecule has 0 bridgehead atoms. The molecule has 0 saturated carbocycles. The number of anilines is 6. The fourth-order valence-electron chi connectivity index (χ4n) is 9.60. The number of hydrogen-bond acceptors (Lipinski definition) is 2. The van der Waals surface area contributed by atoms with E-state index >= 15 is 0 Å². The summed E-state index contributed by atoms with van der Waals surface area (Å²) in [6, 6.07) is 61.6. The molecule has 66 heavy (non-hydrogen) atoms. The molecule has 2 heterocycles. The fourth-order valence-corrected chi connectivity index (χ4v) is 9.60. The van der Waals surface area contributed by atoms with Crippen LogP contribution in [0.4, 0.5) is 34.1 Å². The number of hydrogen-bond donors (Lipinski definition) is 0. The Balaban J connectivity index is 1.01. The third kappa shape index (κ3) is 7.78. The number of para-hydroxylation sites is 3. The zero-order valence-electron chi connectivity index (χ0n) is 37.3. The van der Waals surface area contributed by atoms with E-state index in [1.807, 2.05) is 18.2 Å². The Kier molecular flexibility index (Phi) is 11.5. The van der Waals surface area contributed by atoms with Crippen LogP contribution >= 0.6 is 0 Å². The molecule has 0 radical (unpaired) electrons. The Morgan fingerprint density at radius 3 is 1.74 bits per heavy atom. The topological polar surface area (TPSA) is 16.3 Å². The lowest BCUT2D eigenvalue weighted by molar-refractivity contribution is 0.614. The monoisotopic (exact) mass is 850 g/mol. The standard InChI is InChI=1S/C62H50N4/c1-5-7-12-21-45(3)63-60-30-20-19-29-57(60)59-42-40-54(43-61(59)63)65(50-24-15-10-16-25-50)52-35-31-47(32-36-52)48-33-37-53(38-34-48)66(51-26-17-11-18-27-51)55-39-41-58-56(28-8-6-2)46(4)64(62(58)44-55)49-22-13-9-14-23-49/h1,6-22,24-44,49H,2,23H2,3-4H3/b12-7-,28-8-,45-21+. The van der Waals surface area contributed by atoms with Gasteiger partial charge in [-0.1, -0.05) is 152 Å². The first kappa shape index (κ1) is 41.5. The molecular weight excluding hydrogens is 801 g/mol. The molecule has 1 aliphatic carbocycles. The largest absolute Gasteiger partial charge is 0.337 e. The second kappa shape index (κ2) is 18.3. The van der Waals surface area contributed by atoms with E-state index in [1.165, 1.54) is 32.9 Å². The van der Waals surface area contributed by atoms with E-state index in [0.717, 1.165) is 68.4 Å². The van der Waals surface area contributed by atoms with Gasteiger partial charge in [0.1, 0.15) is 0 Å². The average Bonchev–Trinajstić information content (AvgIpc) is 3.85. The highest BCUT2D eigenvalue weighted by molar-refractivity contribution is 6.11. The van der Waals surface area contributed by atoms with Crippen LogP contribution < -0.4 is 9.80 Å². The SMILES string of the molecule is C#C/C=C\C=C(/C)n1c2ccccc2c2ccc(N(c3ccccc3)c3ccc(-c4ccc(N(c5ccccc5)c5ccc6c(/C=C\C=C)c(C)n(C7C=CC=CC7)c6c5)cc4)cc3)cc21. The zero-order valence-corrected chi connectivity index (χ0v) is 37.3. The van der Waals surface area contributed by atoms with E-state index in [1.54, 1.807) is 6.08 Å². The lowest BCUT2D eigenvalue weighted by atomic mass is 10.0. The van der Waals surface area contributed by atoms with Gasteiger partial charge in [-0.2, -0.15) is 0 Å². The quantitative estimate of drug-likeness (QED) is 0.0899. The minimum absolute atomic E-state index is 0.241. The molecule has 1 atom stereocenters. The van der Waals surface area contributed by atoms with Gasteiger partial charge in [0.15, 0.2) is 0 Å². The molecule has 0 saturated heterocycles. The third-order valence-corrected chi connectivity index (χ3v) is 12.6. The first-order valence-electron chi connectivity index (χ1n) is 22.5. The van der Waals surface area contributed by atoms with Gasteiger partial charge in [-0.25, -0.2) is 0 Å². The number of allylic oxidation sites excluding steroid dienone is 10. The van der Waals surface area contributed by atoms with Crippen molar-refractivity contribution in [1.82, 2.24) is 9.13 Å². The first-order chi connectivity index (χ1) is 32.5. The van der Waals surface area contributed by atoms with Crippen LogP contribution in [0.15, 0.2) is 231 Å². The van der Waals surface area contributed by atoms with Crippen LogP contribution in [0.5, 0.6) is 0 Å². The minimum atomic E-state index is 0.241. The lowest BCUT2D eigenvalue weighted by Gasteiger charge is -2.27. The van der Waals surface area contributed by atoms with Gasteiger partial charge in [0.05, 0.1) is 22.6 Å². The Morgan fingerprint density at radius 1 is 0.606 bits per heavy atom. The minimum Gasteiger partial charge on any atom is -0.337 e. The van der Waals surface area contributed by atoms with Crippen molar-refractivity contribution in [1.29, 1.82) is 0 Å². The van der Waals surface area contributed by atoms with Gasteiger partial charge in [0, 0.05) is 67.2 Å². The molecule has 9 aromatic rings. The van der Waals surface area contributed by atoms with Crippen LogP contribution in [0.2, 0.25) is 0 Å². The molecule has 10 rings (SSSR count). The van der Waals surface area contributed by atoms with Crippen LogP contribution in [-0.4, -0.2) is 9.13 Å². The van der Waals surface area contributed by atoms with E-state index in [0.29, 0.717) is 0 Å². The van der Waals surface area contributed by atoms with Crippen molar-refractivity contribution >= 4 is 78.6 Å². The molecule has 318 valence electrons. The molecule has 2 aromatic heterocycles. The summed E-state index contributed by atoms with van der Waals surface area (Å²) in [6.07, 6.45) is 27.2. The maximum atomic E-state index is 5.54. The van der Waals surface area contributed by atoms with Gasteiger partial charge in [-0.05, 0) is 122 Å². The fraction of sp³-hybridized carbons (Fsp3) is 0.0645. The van der Waals surface area contributed by atoms with Crippen LogP contribution in [-0.2, 0) is 0 Å². The van der Waals surface area contributed by atoms with Gasteiger partial charge >= 0.3 is 0 Å². The maximum Gasteiger partial charge on any atom is 0.0558 e. The first-order valence-corrected chi connectivity index (χ1v) is 22.5. The molecule has 4 heteroatoms. The summed E-state index contributed by atoms with van der Waals surface area (Å²) in [4.78, 5) is 4.69. The van der Waals surface area contributed by atoms with Crippen LogP contribution in [0.1, 0.15) is 30.6 Å². The summed E-state index contributed by atoms with van der Waals surface area (Å²) in [5.41, 5.74) is 15.9. The molecule has 7 aromatic carbocycles. The second-order valence-electron chi connectivity index (χ2n) is 16.6. The normalized spacial score (nSPS) is 13.9. The van der Waals surface area contributed by atoms with Crippen molar-refractivity contribution in [2.45, 2.75) is 26.3 Å². The molecule has 1 aliphatic rings. The summed E-state index contributed by atoms with van der Waals surface area (Å²) >= 11 is 0. The molecule has 0 fully saturated rings. The average molecular weight is 851 g/mol. The maximum absolute atomic E-state index is 5.54. The third-order valence-electron chi connectivity index (χ3n) is 12.6. The van der Waals surface area contributed by atoms with Crippen molar-refractivity contribution in [2.75, 3.05) is 9.80 Å². The molecule has 0 spiro atoms. The van der Waals surface area contributed by atoms with Crippen molar-refractivity contribution in [2.24, 2.45) is 0 Å². The lowest BCUT2D eigenvalue weighted by Crippen LogP contribution is -2.11. The van der Waals surface area contributed by atoms with E-state index in [9.17, 15) is 0 Å². The van der Waals surface area contributed by atoms with E-state index in [2.05, 4.69) is 252 Å². The second-order valence-corrected chi connectivity index (χ2v) is 16.6. The number of benzene rings is 7. The molecule has 4 nitrogen and oxygen atoms in total. The summed E-state index contributed by atoms with van der Waals surface area (Å²) in [5, 5.41) is 3.64. The summed E-state index contributed by atoms with van der Waals surface area (Å²) in [5.74, 6) is 2.61. The van der Waals surface area contributed by atoms with Crippen molar-refractivity contribution < 1.29 is 0 Å². The predicted octanol–water partition coefficient (Wildman–Crippen LogP) is 17.0. The molecular formula is C62H50N4. The smallest absolute Gasteiger partial charge is 0.0558 e. The molecule has 0 N–H and O–H groups in total. The van der Waals surface area contributed by atoms with Crippen LogP contribution in [0, 0.1) is 19.3 Å². The van der Waals surface area contributed by atoms with E-state index < -0.39 is 0 Å². The number of aromatic nitrogens is 2. The van der Waals surface area contributed by atoms with Gasteiger partial charge in [-0.3, -0.25) is 0 Å². The van der Waals surface area contributed by atoms with Gasteiger partial charge in [0.2, 0.25) is 0 Å². The highest BCUT2D eigenvalue weighted by Crippen LogP contribution is 2.42. The summed E-state index contributed by atoms with van der Waals surface area (Å²) in [6.45, 7) is 8.31. The highest BCUT2D eigenvalue weighted by Gasteiger charge is 2.22. The number of terminal acetylenes is 1. The number of fused-ring (bicyclic) bond motifs is 4. The van der Waals surface area contributed by atoms with Gasteiger partial charge < -0.3 is 18.9 Å². The van der Waals surface area contributed by atoms with Gasteiger partial charge in [-0.15, -0.1) is 6.42 Å². The van der Waals surface area contributed by atoms with Crippen molar-refractivity contribution in [3.05, 3.63) is 242 Å². The Bertz CT molecular complexity index is 3420. The molecule has 1 unspecified atom stereocenters. The van der Waals surface area contributed by atoms with Gasteiger partial charge in [0.25, 0.3) is 0 Å². The highest BCUT2D eigenvalue weighted by atomic mass is 15.2. The summed E-state index contributed by atoms with van der Waals surface area (Å²) < 4.78 is 4.82. The number of nitrogens with zero attached hydrogens (tertiary/aromatic N) is 4.